The van der Waals surface area contributed by atoms with E-state index in [1.54, 1.807) is 7.11 Å². The average Bonchev–Trinajstić information content (AvgIpc) is 2.38. The van der Waals surface area contributed by atoms with Crippen LogP contribution in [-0.4, -0.2) is 64.3 Å². The zero-order chi connectivity index (χ0) is 16.1. The third kappa shape index (κ3) is 7.14. The second-order valence-corrected chi connectivity index (χ2v) is 7.38. The Hall–Kier alpha value is -0.0700. The van der Waals surface area contributed by atoms with E-state index in [0.29, 0.717) is 6.61 Å². The molecule has 1 fully saturated rings. The highest BCUT2D eigenvalue weighted by Gasteiger charge is 2.41. The summed E-state index contributed by atoms with van der Waals surface area (Å²) >= 11 is 0. The Bertz CT molecular complexity index is 341. The molecule has 0 aromatic carbocycles. The molecule has 1 aliphatic rings. The second kappa shape index (κ2) is 10.7. The number of nitrogens with zero attached hydrogens (tertiary/aromatic N) is 1. The molecule has 140 valence electrons. The van der Waals surface area contributed by atoms with E-state index in [1.807, 2.05) is 0 Å². The molecule has 23 heavy (non-hydrogen) atoms. The van der Waals surface area contributed by atoms with Gasteiger partial charge in [0.05, 0.1) is 12.0 Å². The molecule has 1 saturated heterocycles. The van der Waals surface area contributed by atoms with Crippen molar-refractivity contribution >= 4 is 30.7 Å². The van der Waals surface area contributed by atoms with Crippen molar-refractivity contribution in [3.05, 3.63) is 0 Å². The predicted octanol–water partition coefficient (Wildman–Crippen LogP) is 1.94. The van der Waals surface area contributed by atoms with Gasteiger partial charge in [0.15, 0.2) is 0 Å². The van der Waals surface area contributed by atoms with E-state index in [0.717, 1.165) is 32.5 Å². The lowest BCUT2D eigenvalue weighted by molar-refractivity contribution is -0.137. The van der Waals surface area contributed by atoms with Crippen LogP contribution in [0.25, 0.3) is 0 Å². The monoisotopic (exact) mass is 371 g/mol. The number of hydrogen-bond acceptors (Lipinski definition) is 4. The van der Waals surface area contributed by atoms with Crippen LogP contribution in [0.15, 0.2) is 0 Å². The van der Waals surface area contributed by atoms with Crippen LogP contribution in [0.4, 0.5) is 0 Å². The van der Waals surface area contributed by atoms with Crippen molar-refractivity contribution in [1.82, 2.24) is 15.5 Å². The van der Waals surface area contributed by atoms with E-state index in [2.05, 4.69) is 50.4 Å². The molecule has 0 aliphatic carbocycles. The lowest BCUT2D eigenvalue weighted by atomic mass is 9.77. The summed E-state index contributed by atoms with van der Waals surface area (Å²) in [5.74, 6) is 0.144. The Balaban J connectivity index is 0. The molecule has 7 heteroatoms. The maximum Gasteiger partial charge on any atom is 0.228 e. The SMILES string of the molecule is COCC1(C(=O)NC(C)C(C)(C)CN(C)C)CCNCC1.Cl.Cl. The molecule has 2 N–H and O–H groups in total. The number of carbonyl (C=O) groups is 1. The van der Waals surface area contributed by atoms with Crippen LogP contribution in [0.3, 0.4) is 0 Å². The molecular weight excluding hydrogens is 337 g/mol. The van der Waals surface area contributed by atoms with Gasteiger partial charge in [-0.3, -0.25) is 4.79 Å². The summed E-state index contributed by atoms with van der Waals surface area (Å²) in [6, 6.07) is 0.121. The summed E-state index contributed by atoms with van der Waals surface area (Å²) in [5, 5.41) is 6.57. The lowest BCUT2D eigenvalue weighted by Crippen LogP contribution is -2.55. The predicted molar refractivity (Wildman–Crippen MR) is 101 cm³/mol. The number of piperidine rings is 1. The molecule has 1 atom stereocenters. The molecule has 1 rings (SSSR count). The van der Waals surface area contributed by atoms with Gasteiger partial charge in [-0.15, -0.1) is 24.8 Å². The topological polar surface area (TPSA) is 53.6 Å². The first-order chi connectivity index (χ1) is 9.73. The molecule has 0 spiro atoms. The van der Waals surface area contributed by atoms with Crippen molar-refractivity contribution in [2.75, 3.05) is 47.4 Å². The number of methoxy groups -OCH3 is 1. The van der Waals surface area contributed by atoms with Crippen molar-refractivity contribution in [3.8, 4) is 0 Å². The van der Waals surface area contributed by atoms with Gasteiger partial charge in [-0.05, 0) is 52.4 Å². The maximum atomic E-state index is 12.8. The molecule has 0 bridgehead atoms. The number of hydrogen-bond donors (Lipinski definition) is 2. The maximum absolute atomic E-state index is 12.8. The van der Waals surface area contributed by atoms with Crippen LogP contribution in [0.5, 0.6) is 0 Å². The van der Waals surface area contributed by atoms with Gasteiger partial charge < -0.3 is 20.3 Å². The summed E-state index contributed by atoms with van der Waals surface area (Å²) in [5.41, 5.74) is -0.344. The van der Waals surface area contributed by atoms with E-state index in [9.17, 15) is 4.79 Å². The Morgan fingerprint density at radius 3 is 2.26 bits per heavy atom. The highest BCUT2D eigenvalue weighted by molar-refractivity contribution is 5.85. The fourth-order valence-electron chi connectivity index (χ4n) is 3.12. The zero-order valence-corrected chi connectivity index (χ0v) is 17.0. The van der Waals surface area contributed by atoms with Gasteiger partial charge in [0, 0.05) is 19.7 Å². The van der Waals surface area contributed by atoms with Crippen LogP contribution in [-0.2, 0) is 9.53 Å². The fourth-order valence-corrected chi connectivity index (χ4v) is 3.12. The van der Waals surface area contributed by atoms with Crippen molar-refractivity contribution < 1.29 is 9.53 Å². The van der Waals surface area contributed by atoms with Crippen molar-refractivity contribution in [2.45, 2.75) is 39.7 Å². The van der Waals surface area contributed by atoms with Gasteiger partial charge in [0.25, 0.3) is 0 Å². The number of halogens is 2. The Morgan fingerprint density at radius 2 is 1.83 bits per heavy atom. The van der Waals surface area contributed by atoms with Gasteiger partial charge in [-0.25, -0.2) is 0 Å². The van der Waals surface area contributed by atoms with E-state index >= 15 is 0 Å². The minimum absolute atomic E-state index is 0. The molecule has 1 heterocycles. The standard InChI is InChI=1S/C16H33N3O2.2ClH/c1-13(15(2,3)11-19(4)5)18-14(20)16(12-21-6)7-9-17-10-8-16;;/h13,17H,7-12H2,1-6H3,(H,18,20);2*1H. The molecular formula is C16H35Cl2N3O2. The fraction of sp³-hybridized carbons (Fsp3) is 0.938. The highest BCUT2D eigenvalue weighted by atomic mass is 35.5. The number of nitrogens with one attached hydrogen (secondary N) is 2. The lowest BCUT2D eigenvalue weighted by Gasteiger charge is -2.40. The normalized spacial score (nSPS) is 18.6. The van der Waals surface area contributed by atoms with Gasteiger partial charge in [-0.2, -0.15) is 0 Å². The van der Waals surface area contributed by atoms with E-state index < -0.39 is 0 Å². The number of ether oxygens (including phenoxy) is 1. The van der Waals surface area contributed by atoms with Crippen LogP contribution >= 0.6 is 24.8 Å². The van der Waals surface area contributed by atoms with Crippen LogP contribution in [0, 0.1) is 10.8 Å². The Morgan fingerprint density at radius 1 is 1.30 bits per heavy atom. The number of amides is 1. The first-order valence-corrected chi connectivity index (χ1v) is 7.89. The summed E-state index contributed by atoms with van der Waals surface area (Å²) in [6.45, 7) is 9.70. The zero-order valence-electron chi connectivity index (χ0n) is 15.4. The van der Waals surface area contributed by atoms with Gasteiger partial charge in [-0.1, -0.05) is 13.8 Å². The average molecular weight is 372 g/mol. The number of carbonyl (C=O) groups excluding carboxylic acids is 1. The molecule has 1 aliphatic heterocycles. The third-order valence-electron chi connectivity index (χ3n) is 4.71. The van der Waals surface area contributed by atoms with E-state index in [4.69, 9.17) is 4.74 Å². The minimum Gasteiger partial charge on any atom is -0.384 e. The Kier molecular flexibility index (Phi) is 11.7. The summed E-state index contributed by atoms with van der Waals surface area (Å²) in [6.07, 6.45) is 1.68. The first-order valence-electron chi connectivity index (χ1n) is 7.89. The largest absolute Gasteiger partial charge is 0.384 e. The second-order valence-electron chi connectivity index (χ2n) is 7.38. The third-order valence-corrected chi connectivity index (χ3v) is 4.71. The van der Waals surface area contributed by atoms with Crippen LogP contribution < -0.4 is 10.6 Å². The minimum atomic E-state index is -0.373. The van der Waals surface area contributed by atoms with E-state index in [1.165, 1.54) is 0 Å². The number of rotatable bonds is 7. The van der Waals surface area contributed by atoms with Crippen molar-refractivity contribution in [3.63, 3.8) is 0 Å². The molecule has 0 aromatic rings. The molecule has 1 unspecified atom stereocenters. The quantitative estimate of drug-likeness (QED) is 0.717. The summed E-state index contributed by atoms with van der Waals surface area (Å²) in [4.78, 5) is 15.0. The first kappa shape index (κ1) is 25.2. The molecule has 1 amide bonds. The van der Waals surface area contributed by atoms with Crippen molar-refractivity contribution in [1.29, 1.82) is 0 Å². The van der Waals surface area contributed by atoms with Crippen molar-refractivity contribution in [2.24, 2.45) is 10.8 Å². The molecule has 0 radical (unpaired) electrons. The van der Waals surface area contributed by atoms with Gasteiger partial charge in [0.2, 0.25) is 5.91 Å². The summed E-state index contributed by atoms with van der Waals surface area (Å²) in [7, 11) is 5.81. The van der Waals surface area contributed by atoms with Crippen LogP contribution in [0.1, 0.15) is 33.6 Å². The van der Waals surface area contributed by atoms with Gasteiger partial charge in [0.1, 0.15) is 0 Å². The van der Waals surface area contributed by atoms with E-state index in [-0.39, 0.29) is 47.6 Å². The smallest absolute Gasteiger partial charge is 0.228 e. The summed E-state index contributed by atoms with van der Waals surface area (Å²) < 4.78 is 5.34. The Labute approximate surface area is 154 Å². The van der Waals surface area contributed by atoms with Gasteiger partial charge >= 0.3 is 0 Å². The molecule has 5 nitrogen and oxygen atoms in total. The highest BCUT2D eigenvalue weighted by Crippen LogP contribution is 2.31. The van der Waals surface area contributed by atoms with Crippen LogP contribution in [0.2, 0.25) is 0 Å². The molecule has 0 saturated carbocycles. The molecule has 0 aromatic heterocycles.